The van der Waals surface area contributed by atoms with Crippen LogP contribution in [0.15, 0.2) is 0 Å². The van der Waals surface area contributed by atoms with Gasteiger partial charge in [0, 0.05) is 6.54 Å². The first kappa shape index (κ1) is 40.4. The van der Waals surface area contributed by atoms with E-state index in [1.165, 1.54) is 0 Å². The Kier molecular flexibility index (Phi) is 14.4. The lowest BCUT2D eigenvalue weighted by atomic mass is 9.95. The highest BCUT2D eigenvalue weighted by Gasteiger charge is 2.55. The molecule has 4 rings (SSSR count). The average molecular weight is 724 g/mol. The molecule has 4 heterocycles. The molecule has 0 aliphatic carbocycles. The molecule has 20 unspecified atom stereocenters. The summed E-state index contributed by atoms with van der Waals surface area (Å²) in [6.07, 6.45) is -36.7. The van der Waals surface area contributed by atoms with Crippen molar-refractivity contribution in [3.05, 3.63) is 0 Å². The highest BCUT2D eigenvalue weighted by molar-refractivity contribution is 5.73. The first-order valence-corrected chi connectivity index (χ1v) is 15.3. The first-order valence-electron chi connectivity index (χ1n) is 15.3. The summed E-state index contributed by atoms with van der Waals surface area (Å²) in [7, 11) is 0. The number of carbonyl (C=O) groups is 1. The van der Waals surface area contributed by atoms with E-state index in [1.54, 1.807) is 0 Å². The van der Waals surface area contributed by atoms with Gasteiger partial charge in [0.25, 0.3) is 0 Å². The van der Waals surface area contributed by atoms with Crippen LogP contribution in [-0.4, -0.2) is 228 Å². The second kappa shape index (κ2) is 17.4. The molecule has 286 valence electrons. The maximum Gasteiger partial charge on any atom is 0.335 e. The van der Waals surface area contributed by atoms with Crippen LogP contribution in [0.25, 0.3) is 0 Å². The minimum absolute atomic E-state index is 0.0559. The van der Waals surface area contributed by atoms with Gasteiger partial charge in [-0.1, -0.05) is 0 Å². The monoisotopic (exact) mass is 723 g/mol. The molecule has 4 aliphatic heterocycles. The molecule has 49 heavy (non-hydrogen) atoms. The molecule has 0 spiro atoms. The Morgan fingerprint density at radius 3 is 1.22 bits per heavy atom. The van der Waals surface area contributed by atoms with Crippen LogP contribution in [0.4, 0.5) is 0 Å². The zero-order chi connectivity index (χ0) is 36.3. The number of carboxylic acid groups (broad SMARTS) is 1. The number of aliphatic hydroxyl groups is 12. The summed E-state index contributed by atoms with van der Waals surface area (Å²) in [6.45, 7) is -2.65. The van der Waals surface area contributed by atoms with Crippen LogP contribution in [0, 0.1) is 0 Å². The smallest absolute Gasteiger partial charge is 0.335 e. The molecule has 0 amide bonds. The van der Waals surface area contributed by atoms with Crippen molar-refractivity contribution in [2.45, 2.75) is 123 Å². The van der Waals surface area contributed by atoms with Gasteiger partial charge in [-0.05, 0) is 0 Å². The molecule has 15 N–H and O–H groups in total. The Hall–Kier alpha value is -1.37. The van der Waals surface area contributed by atoms with Crippen molar-refractivity contribution < 1.29 is 109 Å². The minimum Gasteiger partial charge on any atom is -0.479 e. The first-order chi connectivity index (χ1) is 23.2. The molecule has 0 aromatic rings. The predicted octanol–water partition coefficient (Wildman–Crippen LogP) is -9.67. The highest BCUT2D eigenvalue weighted by Crippen LogP contribution is 2.34. The van der Waals surface area contributed by atoms with Crippen LogP contribution in [0.2, 0.25) is 0 Å². The zero-order valence-corrected chi connectivity index (χ0v) is 25.6. The number of aliphatic hydroxyl groups excluding tert-OH is 12. The third-order valence-electron chi connectivity index (χ3n) is 8.55. The van der Waals surface area contributed by atoms with Gasteiger partial charge in [0.2, 0.25) is 0 Å². The fourth-order valence-electron chi connectivity index (χ4n) is 5.84. The fourth-order valence-corrected chi connectivity index (χ4v) is 5.84. The number of ether oxygens (including phenoxy) is 8. The van der Waals surface area contributed by atoms with Gasteiger partial charge in [0.15, 0.2) is 31.3 Å². The Labute approximate surface area is 277 Å². The second-order valence-electron chi connectivity index (χ2n) is 11.8. The van der Waals surface area contributed by atoms with Gasteiger partial charge in [0.05, 0.1) is 26.4 Å². The summed E-state index contributed by atoms with van der Waals surface area (Å²) >= 11 is 0. The van der Waals surface area contributed by atoms with Crippen molar-refractivity contribution in [2.24, 2.45) is 5.73 Å². The number of aliphatic carboxylic acids is 1. The van der Waals surface area contributed by atoms with Crippen LogP contribution >= 0.6 is 0 Å². The number of nitrogens with two attached hydrogens (primary N) is 1. The highest BCUT2D eigenvalue weighted by atomic mass is 16.8. The summed E-state index contributed by atoms with van der Waals surface area (Å²) < 4.78 is 43.3. The van der Waals surface area contributed by atoms with Crippen LogP contribution in [-0.2, 0) is 42.7 Å². The van der Waals surface area contributed by atoms with Crippen molar-refractivity contribution in [3.8, 4) is 0 Å². The van der Waals surface area contributed by atoms with E-state index in [-0.39, 0.29) is 13.2 Å². The SMILES string of the molecule is NCCOC1OC(CO)C(OC2OC(CO)C(OC3OC(CO)C(OC4OC(C(=O)O)C(O)C(O)C4O)C(O)C3O)C(O)C2O)C(O)C1O. The van der Waals surface area contributed by atoms with Gasteiger partial charge in [-0.2, -0.15) is 0 Å². The van der Waals surface area contributed by atoms with Gasteiger partial charge in [-0.15, -0.1) is 0 Å². The van der Waals surface area contributed by atoms with Gasteiger partial charge >= 0.3 is 5.97 Å². The normalized spacial score (nSPS) is 49.5. The largest absolute Gasteiger partial charge is 0.479 e. The summed E-state index contributed by atoms with van der Waals surface area (Å²) in [6, 6.07) is 0. The van der Waals surface area contributed by atoms with Crippen LogP contribution in [0.3, 0.4) is 0 Å². The number of carboxylic acids is 1. The quantitative estimate of drug-likeness (QED) is 0.0838. The summed E-state index contributed by atoms with van der Waals surface area (Å²) in [5.41, 5.74) is 5.37. The van der Waals surface area contributed by atoms with Gasteiger partial charge in [-0.25, -0.2) is 4.79 Å². The third kappa shape index (κ3) is 8.48. The summed E-state index contributed by atoms with van der Waals surface area (Å²) in [5.74, 6) is -1.73. The lowest BCUT2D eigenvalue weighted by Crippen LogP contribution is -2.67. The van der Waals surface area contributed by atoms with Crippen molar-refractivity contribution in [1.82, 2.24) is 0 Å². The van der Waals surface area contributed by atoms with E-state index in [0.29, 0.717) is 0 Å². The molecule has 4 saturated heterocycles. The predicted molar refractivity (Wildman–Crippen MR) is 147 cm³/mol. The van der Waals surface area contributed by atoms with E-state index in [2.05, 4.69) is 0 Å². The molecular formula is C26H45NO22. The van der Waals surface area contributed by atoms with Crippen molar-refractivity contribution in [3.63, 3.8) is 0 Å². The Morgan fingerprint density at radius 1 is 0.510 bits per heavy atom. The molecule has 23 nitrogen and oxygen atoms in total. The van der Waals surface area contributed by atoms with E-state index in [0.717, 1.165) is 0 Å². The molecular weight excluding hydrogens is 678 g/mol. The molecule has 4 aliphatic rings. The van der Waals surface area contributed by atoms with E-state index < -0.39 is 149 Å². The number of hydrogen-bond donors (Lipinski definition) is 14. The van der Waals surface area contributed by atoms with Gasteiger partial charge in [0.1, 0.15) is 91.6 Å². The van der Waals surface area contributed by atoms with E-state index in [4.69, 9.17) is 43.6 Å². The Bertz CT molecular complexity index is 1040. The fraction of sp³-hybridized carbons (Fsp3) is 0.962. The van der Waals surface area contributed by atoms with Gasteiger partial charge in [-0.3, -0.25) is 0 Å². The molecule has 0 bridgehead atoms. The molecule has 20 atom stereocenters. The second-order valence-corrected chi connectivity index (χ2v) is 11.8. The Balaban J connectivity index is 1.43. The van der Waals surface area contributed by atoms with E-state index in [9.17, 15) is 71.2 Å². The molecule has 0 aromatic carbocycles. The third-order valence-corrected chi connectivity index (χ3v) is 8.55. The van der Waals surface area contributed by atoms with Gasteiger partial charge < -0.3 is 110 Å². The molecule has 0 radical (unpaired) electrons. The lowest BCUT2D eigenvalue weighted by molar-refractivity contribution is -0.387. The maximum absolute atomic E-state index is 11.4. The molecule has 0 saturated carbocycles. The van der Waals surface area contributed by atoms with Crippen LogP contribution < -0.4 is 5.73 Å². The number of rotatable bonds is 13. The van der Waals surface area contributed by atoms with Crippen molar-refractivity contribution >= 4 is 5.97 Å². The van der Waals surface area contributed by atoms with Crippen molar-refractivity contribution in [2.75, 3.05) is 33.0 Å². The lowest BCUT2D eigenvalue weighted by Gasteiger charge is -2.49. The minimum atomic E-state index is -2.09. The van der Waals surface area contributed by atoms with Crippen LogP contribution in [0.1, 0.15) is 0 Å². The van der Waals surface area contributed by atoms with Crippen LogP contribution in [0.5, 0.6) is 0 Å². The molecule has 23 heteroatoms. The van der Waals surface area contributed by atoms with E-state index >= 15 is 0 Å². The standard InChI is InChI=1S/C26H45NO22/c27-1-2-42-23-15(37)11(33)18(6(3-28)43-23)46-24-16(38)12(34)19(7(4-29)44-24)47-25-17(39)13(35)20(8(5-30)45-25)48-26-14(36)9(31)10(32)21(49-26)22(40)41/h6-21,23-26,28-39H,1-5,27H2,(H,40,41). The van der Waals surface area contributed by atoms with E-state index in [1.807, 2.05) is 0 Å². The number of hydrogen-bond acceptors (Lipinski definition) is 22. The maximum atomic E-state index is 11.4. The topological polar surface area (TPSA) is 380 Å². The zero-order valence-electron chi connectivity index (χ0n) is 25.6. The van der Waals surface area contributed by atoms with Crippen molar-refractivity contribution in [1.29, 1.82) is 0 Å². The summed E-state index contributed by atoms with van der Waals surface area (Å²) in [4.78, 5) is 11.4. The molecule has 0 aromatic heterocycles. The summed E-state index contributed by atoms with van der Waals surface area (Å²) in [5, 5.41) is 134. The average Bonchev–Trinajstić information content (AvgIpc) is 3.08. The Morgan fingerprint density at radius 2 is 0.857 bits per heavy atom. The molecule has 4 fully saturated rings.